The number of anilines is 2. The van der Waals surface area contributed by atoms with Crippen molar-refractivity contribution in [2.45, 2.75) is 13.0 Å². The molecule has 0 aliphatic carbocycles. The molecular weight excluding hydrogens is 424 g/mol. The van der Waals surface area contributed by atoms with Crippen LogP contribution in [0.2, 0.25) is 5.02 Å². The molecule has 0 spiro atoms. The fourth-order valence-electron chi connectivity index (χ4n) is 3.23. The molecule has 2 aromatic carbocycles. The van der Waals surface area contributed by atoms with E-state index in [4.69, 9.17) is 21.1 Å². The van der Waals surface area contributed by atoms with E-state index in [2.05, 4.69) is 10.2 Å². The molecule has 30 heavy (non-hydrogen) atoms. The van der Waals surface area contributed by atoms with Crippen LogP contribution in [0, 0.1) is 0 Å². The zero-order valence-electron chi connectivity index (χ0n) is 16.4. The molecule has 3 aromatic rings. The van der Waals surface area contributed by atoms with Crippen molar-refractivity contribution in [2.75, 3.05) is 36.5 Å². The Labute approximate surface area is 183 Å². The Bertz CT molecular complexity index is 1060. The van der Waals surface area contributed by atoms with Gasteiger partial charge in [0.1, 0.15) is 4.88 Å². The molecule has 1 atom stereocenters. The molecule has 1 aliphatic rings. The van der Waals surface area contributed by atoms with Crippen LogP contribution in [0.15, 0.2) is 48.5 Å². The largest absolute Gasteiger partial charge is 0.448 e. The molecule has 6 nitrogen and oxygen atoms in total. The Hall–Kier alpha value is -2.61. The SMILES string of the molecule is C[C@H](OC(=O)c1sc2ccccc2c1Cl)C(=O)Nc1ccc(N2CCOCC2)cc1. The first-order valence-corrected chi connectivity index (χ1v) is 10.8. The molecule has 4 rings (SSSR count). The highest BCUT2D eigenvalue weighted by Crippen LogP contribution is 2.35. The number of fused-ring (bicyclic) bond motifs is 1. The fraction of sp³-hybridized carbons (Fsp3) is 0.273. The van der Waals surface area contributed by atoms with Gasteiger partial charge in [0, 0.05) is 34.6 Å². The molecule has 1 amide bonds. The van der Waals surface area contributed by atoms with Gasteiger partial charge in [-0.15, -0.1) is 11.3 Å². The number of ether oxygens (including phenoxy) is 2. The van der Waals surface area contributed by atoms with Gasteiger partial charge in [-0.3, -0.25) is 4.79 Å². The van der Waals surface area contributed by atoms with Gasteiger partial charge < -0.3 is 19.7 Å². The number of hydrogen-bond acceptors (Lipinski definition) is 6. The second kappa shape index (κ2) is 9.04. The summed E-state index contributed by atoms with van der Waals surface area (Å²) in [7, 11) is 0. The van der Waals surface area contributed by atoms with Crippen molar-refractivity contribution in [3.63, 3.8) is 0 Å². The molecule has 1 aromatic heterocycles. The van der Waals surface area contributed by atoms with E-state index in [1.54, 1.807) is 0 Å². The number of rotatable bonds is 5. The van der Waals surface area contributed by atoms with Crippen molar-refractivity contribution in [1.29, 1.82) is 0 Å². The third-order valence-electron chi connectivity index (χ3n) is 4.88. The van der Waals surface area contributed by atoms with Crippen LogP contribution in [0.1, 0.15) is 16.6 Å². The van der Waals surface area contributed by atoms with Crippen molar-refractivity contribution in [2.24, 2.45) is 0 Å². The third kappa shape index (κ3) is 4.43. The van der Waals surface area contributed by atoms with Crippen molar-refractivity contribution in [3.8, 4) is 0 Å². The van der Waals surface area contributed by atoms with E-state index in [0.717, 1.165) is 28.9 Å². The molecule has 0 radical (unpaired) electrons. The number of carbonyl (C=O) groups is 2. The third-order valence-corrected chi connectivity index (χ3v) is 6.54. The Morgan fingerprint density at radius 2 is 1.83 bits per heavy atom. The van der Waals surface area contributed by atoms with Crippen LogP contribution in [0.25, 0.3) is 10.1 Å². The number of amides is 1. The zero-order valence-corrected chi connectivity index (χ0v) is 18.0. The van der Waals surface area contributed by atoms with Gasteiger partial charge in [-0.2, -0.15) is 0 Å². The molecule has 2 heterocycles. The number of benzene rings is 2. The Kier molecular flexibility index (Phi) is 6.22. The Morgan fingerprint density at radius 1 is 1.13 bits per heavy atom. The molecule has 0 bridgehead atoms. The first-order valence-electron chi connectivity index (χ1n) is 9.64. The summed E-state index contributed by atoms with van der Waals surface area (Å²) < 4.78 is 11.6. The lowest BCUT2D eigenvalue weighted by Gasteiger charge is -2.28. The van der Waals surface area contributed by atoms with Gasteiger partial charge in [0.15, 0.2) is 6.10 Å². The molecule has 8 heteroatoms. The maximum absolute atomic E-state index is 12.5. The van der Waals surface area contributed by atoms with E-state index in [1.807, 2.05) is 48.5 Å². The minimum absolute atomic E-state index is 0.299. The Morgan fingerprint density at radius 3 is 2.53 bits per heavy atom. The summed E-state index contributed by atoms with van der Waals surface area (Å²) in [4.78, 5) is 27.5. The number of esters is 1. The summed E-state index contributed by atoms with van der Waals surface area (Å²) in [6, 6.07) is 15.0. The first-order chi connectivity index (χ1) is 14.5. The Balaban J connectivity index is 1.37. The maximum Gasteiger partial charge on any atom is 0.350 e. The number of morpholine rings is 1. The number of thiophene rings is 1. The highest BCUT2D eigenvalue weighted by molar-refractivity contribution is 7.21. The molecule has 1 N–H and O–H groups in total. The zero-order chi connectivity index (χ0) is 21.1. The van der Waals surface area contributed by atoms with Crippen LogP contribution in [-0.2, 0) is 14.3 Å². The predicted octanol–water partition coefficient (Wildman–Crippen LogP) is 4.58. The van der Waals surface area contributed by atoms with Gasteiger partial charge >= 0.3 is 5.97 Å². The average Bonchev–Trinajstić information content (AvgIpc) is 3.12. The van der Waals surface area contributed by atoms with Crippen LogP contribution < -0.4 is 10.2 Å². The number of nitrogens with one attached hydrogen (secondary N) is 1. The van der Waals surface area contributed by atoms with Crippen molar-refractivity contribution in [3.05, 3.63) is 58.4 Å². The van der Waals surface area contributed by atoms with Crippen molar-refractivity contribution in [1.82, 2.24) is 0 Å². The number of halogens is 1. The normalized spacial score (nSPS) is 15.1. The van der Waals surface area contributed by atoms with Crippen LogP contribution in [0.5, 0.6) is 0 Å². The van der Waals surface area contributed by atoms with Gasteiger partial charge in [-0.1, -0.05) is 29.8 Å². The topological polar surface area (TPSA) is 67.9 Å². The van der Waals surface area contributed by atoms with Gasteiger partial charge in [0.2, 0.25) is 0 Å². The van der Waals surface area contributed by atoms with E-state index in [0.29, 0.717) is 28.8 Å². The first kappa shape index (κ1) is 20.7. The van der Waals surface area contributed by atoms with Gasteiger partial charge in [0.25, 0.3) is 5.91 Å². The monoisotopic (exact) mass is 444 g/mol. The van der Waals surface area contributed by atoms with Gasteiger partial charge in [-0.05, 0) is 37.3 Å². The number of nitrogens with zero attached hydrogens (tertiary/aromatic N) is 1. The lowest BCUT2D eigenvalue weighted by Crippen LogP contribution is -2.36. The number of carbonyl (C=O) groups excluding carboxylic acids is 2. The van der Waals surface area contributed by atoms with Crippen molar-refractivity contribution >= 4 is 56.3 Å². The maximum atomic E-state index is 12.5. The van der Waals surface area contributed by atoms with E-state index in [-0.39, 0.29) is 0 Å². The highest BCUT2D eigenvalue weighted by atomic mass is 35.5. The van der Waals surface area contributed by atoms with E-state index in [1.165, 1.54) is 18.3 Å². The van der Waals surface area contributed by atoms with Crippen LogP contribution in [0.3, 0.4) is 0 Å². The quantitative estimate of drug-likeness (QED) is 0.583. The van der Waals surface area contributed by atoms with Crippen LogP contribution >= 0.6 is 22.9 Å². The summed E-state index contributed by atoms with van der Waals surface area (Å²) in [6.07, 6.45) is -0.960. The fourth-order valence-corrected chi connectivity index (χ4v) is 4.63. The van der Waals surface area contributed by atoms with Crippen molar-refractivity contribution < 1.29 is 19.1 Å². The predicted molar refractivity (Wildman–Crippen MR) is 120 cm³/mol. The van der Waals surface area contributed by atoms with E-state index in [9.17, 15) is 9.59 Å². The molecule has 156 valence electrons. The lowest BCUT2D eigenvalue weighted by atomic mass is 10.2. The molecular formula is C22H21ClN2O4S. The molecule has 0 saturated carbocycles. The highest BCUT2D eigenvalue weighted by Gasteiger charge is 2.23. The minimum Gasteiger partial charge on any atom is -0.448 e. The lowest BCUT2D eigenvalue weighted by molar-refractivity contribution is -0.123. The molecule has 1 fully saturated rings. The second-order valence-electron chi connectivity index (χ2n) is 6.92. The number of hydrogen-bond donors (Lipinski definition) is 1. The van der Waals surface area contributed by atoms with Gasteiger partial charge in [0.05, 0.1) is 18.2 Å². The van der Waals surface area contributed by atoms with E-state index >= 15 is 0 Å². The van der Waals surface area contributed by atoms with E-state index < -0.39 is 18.0 Å². The van der Waals surface area contributed by atoms with Crippen LogP contribution in [0.4, 0.5) is 11.4 Å². The molecule has 1 aliphatic heterocycles. The second-order valence-corrected chi connectivity index (χ2v) is 8.35. The smallest absolute Gasteiger partial charge is 0.350 e. The minimum atomic E-state index is -0.960. The summed E-state index contributed by atoms with van der Waals surface area (Å²) in [6.45, 7) is 4.66. The molecule has 0 unspecified atom stereocenters. The summed E-state index contributed by atoms with van der Waals surface area (Å²) >= 11 is 7.57. The summed E-state index contributed by atoms with van der Waals surface area (Å²) in [5, 5.41) is 3.93. The average molecular weight is 445 g/mol. The van der Waals surface area contributed by atoms with Gasteiger partial charge in [-0.25, -0.2) is 4.79 Å². The standard InChI is InChI=1S/C22H21ClN2O4S/c1-14(29-22(27)20-19(23)17-4-2-3-5-18(17)30-20)21(26)24-15-6-8-16(9-7-15)25-10-12-28-13-11-25/h2-9,14H,10-13H2,1H3,(H,24,26)/t14-/m0/s1. The summed E-state index contributed by atoms with van der Waals surface area (Å²) in [5.41, 5.74) is 1.72. The summed E-state index contributed by atoms with van der Waals surface area (Å²) in [5.74, 6) is -1.01. The molecule has 1 saturated heterocycles. The van der Waals surface area contributed by atoms with Crippen LogP contribution in [-0.4, -0.2) is 44.3 Å².